The van der Waals surface area contributed by atoms with Gasteiger partial charge in [0, 0.05) is 11.8 Å². The summed E-state index contributed by atoms with van der Waals surface area (Å²) in [6.45, 7) is 10.0. The Morgan fingerprint density at radius 1 is 1.12 bits per heavy atom. The van der Waals surface area contributed by atoms with E-state index in [2.05, 4.69) is 5.10 Å². The summed E-state index contributed by atoms with van der Waals surface area (Å²) in [5.74, 6) is 0. The number of hydrogen-bond donors (Lipinski definition) is 0. The molecule has 0 spiro atoms. The molecule has 0 amide bonds. The molecule has 2 heterocycles. The highest BCUT2D eigenvalue weighted by Gasteiger charge is 2.53. The molecule has 0 N–H and O–H groups in total. The number of benzene rings is 1. The number of aromatic nitrogens is 2. The van der Waals surface area contributed by atoms with Gasteiger partial charge in [-0.3, -0.25) is 4.68 Å². The highest BCUT2D eigenvalue weighted by atomic mass is 19.1. The van der Waals surface area contributed by atoms with Crippen LogP contribution in [0.1, 0.15) is 45.7 Å². The van der Waals surface area contributed by atoms with Crippen LogP contribution in [0.3, 0.4) is 0 Å². The van der Waals surface area contributed by atoms with Crippen molar-refractivity contribution in [3.63, 3.8) is 0 Å². The fraction of sp³-hybridized carbons (Fsp3) is 0.421. The van der Waals surface area contributed by atoms with E-state index in [1.165, 1.54) is 0 Å². The van der Waals surface area contributed by atoms with Crippen molar-refractivity contribution >= 4 is 12.7 Å². The van der Waals surface area contributed by atoms with Crippen molar-refractivity contribution in [2.24, 2.45) is 0 Å². The molecule has 1 fully saturated rings. The Morgan fingerprint density at radius 3 is 2.32 bits per heavy atom. The lowest BCUT2D eigenvalue weighted by atomic mass is 9.84. The van der Waals surface area contributed by atoms with Crippen molar-refractivity contribution in [2.75, 3.05) is 0 Å². The van der Waals surface area contributed by atoms with Gasteiger partial charge < -0.3 is 9.31 Å². The van der Waals surface area contributed by atoms with Crippen LogP contribution in [0.15, 0.2) is 48.5 Å². The van der Waals surface area contributed by atoms with E-state index in [0.29, 0.717) is 12.1 Å². The zero-order valence-electron chi connectivity index (χ0n) is 15.4. The highest BCUT2D eigenvalue weighted by Crippen LogP contribution is 2.40. The second-order valence-corrected chi connectivity index (χ2v) is 7.47. The van der Waals surface area contributed by atoms with Gasteiger partial charge in [-0.2, -0.15) is 5.10 Å². The van der Waals surface area contributed by atoms with E-state index < -0.39 is 24.0 Å². The number of hydrogen-bond acceptors (Lipinski definition) is 3. The van der Waals surface area contributed by atoms with Crippen LogP contribution in [0.25, 0.3) is 5.57 Å². The summed E-state index contributed by atoms with van der Waals surface area (Å²) >= 11 is 0. The molecule has 2 aromatic rings. The molecule has 1 aromatic carbocycles. The molecule has 3 rings (SSSR count). The quantitative estimate of drug-likeness (QED) is 0.779. The van der Waals surface area contributed by atoms with Crippen LogP contribution >= 0.6 is 0 Å². The van der Waals surface area contributed by atoms with Crippen molar-refractivity contribution in [3.8, 4) is 0 Å². The van der Waals surface area contributed by atoms with Crippen molar-refractivity contribution in [2.45, 2.75) is 52.4 Å². The summed E-state index contributed by atoms with van der Waals surface area (Å²) in [6.07, 6.45) is 3.51. The average Bonchev–Trinajstić information content (AvgIpc) is 3.09. The Bertz CT molecular complexity index is 768. The molecule has 25 heavy (non-hydrogen) atoms. The first-order valence-corrected chi connectivity index (χ1v) is 8.48. The minimum atomic E-state index is -0.984. The predicted molar refractivity (Wildman–Crippen MR) is 97.6 cm³/mol. The topological polar surface area (TPSA) is 36.3 Å². The molecule has 0 aliphatic carbocycles. The molecular weight excluding hydrogens is 318 g/mol. The third-order valence-corrected chi connectivity index (χ3v) is 5.07. The molecule has 132 valence electrons. The van der Waals surface area contributed by atoms with Gasteiger partial charge in [-0.15, -0.1) is 0 Å². The van der Waals surface area contributed by atoms with Crippen LogP contribution in [-0.4, -0.2) is 28.1 Å². The molecular formula is C19H24BFN2O2. The first kappa shape index (κ1) is 17.9. The largest absolute Gasteiger partial charge is 0.525 e. The predicted octanol–water partition coefficient (Wildman–Crippen LogP) is 4.26. The molecule has 1 aliphatic heterocycles. The smallest absolute Gasteiger partial charge is 0.398 e. The van der Waals surface area contributed by atoms with Gasteiger partial charge in [0.25, 0.3) is 0 Å². The number of halogens is 1. The van der Waals surface area contributed by atoms with E-state index in [9.17, 15) is 4.39 Å². The highest BCUT2D eigenvalue weighted by molar-refractivity contribution is 6.55. The van der Waals surface area contributed by atoms with Crippen molar-refractivity contribution in [1.29, 1.82) is 0 Å². The second kappa shape index (κ2) is 6.43. The minimum Gasteiger partial charge on any atom is -0.398 e. The van der Waals surface area contributed by atoms with Gasteiger partial charge in [-0.05, 0) is 45.8 Å². The fourth-order valence-electron chi connectivity index (χ4n) is 2.68. The minimum absolute atomic E-state index is 0.405. The number of nitrogens with zero attached hydrogens (tertiary/aromatic N) is 2. The monoisotopic (exact) mass is 342 g/mol. The maximum atomic E-state index is 14.9. The Morgan fingerprint density at radius 2 is 1.72 bits per heavy atom. The summed E-state index contributed by atoms with van der Waals surface area (Å²) in [5.41, 5.74) is 0.823. The van der Waals surface area contributed by atoms with Gasteiger partial charge in [0.15, 0.2) is 0 Å². The van der Waals surface area contributed by atoms with E-state index in [4.69, 9.17) is 9.31 Å². The first-order chi connectivity index (χ1) is 11.7. The van der Waals surface area contributed by atoms with E-state index in [0.717, 1.165) is 11.1 Å². The van der Waals surface area contributed by atoms with Crippen LogP contribution in [0, 0.1) is 0 Å². The average molecular weight is 342 g/mol. The van der Waals surface area contributed by atoms with Crippen LogP contribution in [0.2, 0.25) is 0 Å². The summed E-state index contributed by atoms with van der Waals surface area (Å²) in [4.78, 5) is 0. The summed E-state index contributed by atoms with van der Waals surface area (Å²) in [6, 6.07) is 10.0. The van der Waals surface area contributed by atoms with Crippen LogP contribution in [0.5, 0.6) is 0 Å². The molecule has 0 atom stereocenters. The standard InChI is InChI=1S/C19H24BFN2O2/c1-14(17(21)20-24-18(2,3)19(4,5)25-20)16-11-22-23(13-16)12-15-9-7-6-8-10-15/h6-11,13H,12H2,1-5H3. The maximum Gasteiger partial charge on any atom is 0.525 e. The van der Waals surface area contributed by atoms with Crippen LogP contribution in [-0.2, 0) is 15.9 Å². The lowest BCUT2D eigenvalue weighted by Crippen LogP contribution is -2.41. The van der Waals surface area contributed by atoms with Gasteiger partial charge in [-0.25, -0.2) is 4.39 Å². The molecule has 0 bridgehead atoms. The SMILES string of the molecule is CC(=C(F)B1OC(C)(C)C(C)(C)O1)c1cnn(Cc2ccccc2)c1. The third kappa shape index (κ3) is 3.55. The number of allylic oxidation sites excluding steroid dienone is 1. The molecule has 6 heteroatoms. The molecule has 1 saturated heterocycles. The summed E-state index contributed by atoms with van der Waals surface area (Å²) in [7, 11) is -0.984. The Labute approximate surface area is 148 Å². The van der Waals surface area contributed by atoms with E-state index in [1.807, 2.05) is 64.2 Å². The van der Waals surface area contributed by atoms with Crippen molar-refractivity contribution in [3.05, 3.63) is 59.6 Å². The molecule has 0 unspecified atom stereocenters. The van der Waals surface area contributed by atoms with Crippen molar-refractivity contribution in [1.82, 2.24) is 9.78 Å². The Hall–Kier alpha value is -1.92. The third-order valence-electron chi connectivity index (χ3n) is 5.07. The van der Waals surface area contributed by atoms with Gasteiger partial charge in [-0.1, -0.05) is 30.3 Å². The Kier molecular flexibility index (Phi) is 4.60. The maximum absolute atomic E-state index is 14.9. The van der Waals surface area contributed by atoms with Gasteiger partial charge >= 0.3 is 7.12 Å². The van der Waals surface area contributed by atoms with Crippen molar-refractivity contribution < 1.29 is 13.7 Å². The second-order valence-electron chi connectivity index (χ2n) is 7.47. The van der Waals surface area contributed by atoms with E-state index in [-0.39, 0.29) is 0 Å². The van der Waals surface area contributed by atoms with Gasteiger partial charge in [0.2, 0.25) is 0 Å². The molecule has 1 aliphatic rings. The van der Waals surface area contributed by atoms with Gasteiger partial charge in [0.1, 0.15) is 5.73 Å². The normalized spacial score (nSPS) is 19.8. The fourth-order valence-corrected chi connectivity index (χ4v) is 2.68. The Balaban J connectivity index is 1.79. The van der Waals surface area contributed by atoms with Crippen LogP contribution in [0.4, 0.5) is 4.39 Å². The van der Waals surface area contributed by atoms with E-state index >= 15 is 0 Å². The summed E-state index contributed by atoms with van der Waals surface area (Å²) < 4.78 is 28.3. The number of rotatable bonds is 4. The lowest BCUT2D eigenvalue weighted by Gasteiger charge is -2.32. The van der Waals surface area contributed by atoms with Crippen LogP contribution < -0.4 is 0 Å². The summed E-state index contributed by atoms with van der Waals surface area (Å²) in [5, 5.41) is 4.33. The molecule has 0 radical (unpaired) electrons. The zero-order valence-corrected chi connectivity index (χ0v) is 15.4. The molecule has 4 nitrogen and oxygen atoms in total. The molecule has 1 aromatic heterocycles. The first-order valence-electron chi connectivity index (χ1n) is 8.48. The van der Waals surface area contributed by atoms with Gasteiger partial charge in [0.05, 0.1) is 23.9 Å². The van der Waals surface area contributed by atoms with E-state index in [1.54, 1.807) is 17.8 Å². The lowest BCUT2D eigenvalue weighted by molar-refractivity contribution is 0.00578. The molecule has 0 saturated carbocycles. The zero-order chi connectivity index (χ0) is 18.2.